The number of nitrogens with zero attached hydrogens (tertiary/aromatic N) is 1. The molecule has 1 saturated carbocycles. The van der Waals surface area contributed by atoms with E-state index in [-0.39, 0.29) is 17.9 Å². The van der Waals surface area contributed by atoms with Crippen molar-refractivity contribution in [1.29, 1.82) is 0 Å². The van der Waals surface area contributed by atoms with Crippen LogP contribution in [0.15, 0.2) is 0 Å². The Morgan fingerprint density at radius 1 is 1.16 bits per heavy atom. The fraction of sp³-hybridized carbons (Fsp3) is 0.867. The molecule has 2 amide bonds. The second kappa shape index (κ2) is 5.23. The molecule has 2 rings (SSSR count). The van der Waals surface area contributed by atoms with Crippen LogP contribution in [-0.2, 0) is 9.59 Å². The molecule has 4 heteroatoms. The number of carbonyl (C=O) groups excluding carboxylic acids is 2. The molecule has 0 aromatic carbocycles. The van der Waals surface area contributed by atoms with Gasteiger partial charge in [0.2, 0.25) is 11.8 Å². The zero-order chi connectivity index (χ0) is 14.2. The maximum atomic E-state index is 12.3. The molecule has 19 heavy (non-hydrogen) atoms. The normalized spacial score (nSPS) is 31.9. The average molecular weight is 266 g/mol. The molecule has 0 radical (unpaired) electrons. The van der Waals surface area contributed by atoms with Crippen molar-refractivity contribution >= 4 is 11.8 Å². The molecule has 0 aromatic rings. The molecule has 2 fully saturated rings. The molecule has 0 spiro atoms. The van der Waals surface area contributed by atoms with E-state index in [1.165, 1.54) is 25.7 Å². The number of rotatable bonds is 1. The van der Waals surface area contributed by atoms with Gasteiger partial charge in [-0.05, 0) is 32.2 Å². The Balaban J connectivity index is 1.98. The van der Waals surface area contributed by atoms with Gasteiger partial charge in [0.25, 0.3) is 0 Å². The van der Waals surface area contributed by atoms with E-state index in [4.69, 9.17) is 0 Å². The Kier molecular flexibility index (Phi) is 4.00. The number of carbonyl (C=O) groups is 2. The van der Waals surface area contributed by atoms with E-state index in [1.807, 2.05) is 27.8 Å². The third-order valence-corrected chi connectivity index (χ3v) is 4.63. The lowest BCUT2D eigenvalue weighted by Gasteiger charge is -2.30. The molecule has 1 saturated heterocycles. The maximum Gasteiger partial charge on any atom is 0.243 e. The predicted molar refractivity (Wildman–Crippen MR) is 74.5 cm³/mol. The molecule has 1 N–H and O–H groups in total. The molecule has 0 aromatic heterocycles. The fourth-order valence-corrected chi connectivity index (χ4v) is 3.36. The highest BCUT2D eigenvalue weighted by Crippen LogP contribution is 2.38. The van der Waals surface area contributed by atoms with Crippen molar-refractivity contribution < 1.29 is 9.59 Å². The van der Waals surface area contributed by atoms with Crippen LogP contribution in [0, 0.1) is 11.3 Å². The lowest BCUT2D eigenvalue weighted by molar-refractivity contribution is -0.137. The van der Waals surface area contributed by atoms with Gasteiger partial charge in [-0.2, -0.15) is 0 Å². The molecular formula is C15H26N2O2. The van der Waals surface area contributed by atoms with Crippen LogP contribution in [0.3, 0.4) is 0 Å². The summed E-state index contributed by atoms with van der Waals surface area (Å²) in [7, 11) is 2.03. The van der Waals surface area contributed by atoms with Crippen molar-refractivity contribution in [2.45, 2.75) is 65.0 Å². The monoisotopic (exact) mass is 266 g/mol. The Hall–Kier alpha value is -0.900. The van der Waals surface area contributed by atoms with Gasteiger partial charge in [-0.15, -0.1) is 0 Å². The molecule has 1 aliphatic heterocycles. The molecule has 0 bridgehead atoms. The first-order chi connectivity index (χ1) is 8.80. The zero-order valence-corrected chi connectivity index (χ0v) is 12.5. The highest BCUT2D eigenvalue weighted by molar-refractivity contribution is 5.99. The molecule has 1 aliphatic carbocycles. The number of fused-ring (bicyclic) bond motifs is 1. The molecule has 0 unspecified atom stereocenters. The van der Waals surface area contributed by atoms with Gasteiger partial charge in [-0.1, -0.05) is 33.6 Å². The van der Waals surface area contributed by atoms with E-state index in [0.717, 1.165) is 6.42 Å². The molecule has 2 aliphatic rings. The van der Waals surface area contributed by atoms with Crippen LogP contribution in [0.2, 0.25) is 0 Å². The summed E-state index contributed by atoms with van der Waals surface area (Å²) in [5.41, 5.74) is -0.514. The standard InChI is InChI=1S/C15H26N2O2/c1-15(2,3)14(19)16-13(18)12-9-10-7-5-6-8-11(10)17(12)4/h10-12H,5-9H2,1-4H3,(H,16,18,19)/t10-,11-,12-/m0/s1. The van der Waals surface area contributed by atoms with Crippen molar-refractivity contribution in [3.05, 3.63) is 0 Å². The minimum atomic E-state index is -0.514. The van der Waals surface area contributed by atoms with Crippen LogP contribution in [-0.4, -0.2) is 35.8 Å². The summed E-state index contributed by atoms with van der Waals surface area (Å²) in [6.07, 6.45) is 5.87. The highest BCUT2D eigenvalue weighted by Gasteiger charge is 2.43. The van der Waals surface area contributed by atoms with Crippen LogP contribution in [0.1, 0.15) is 52.9 Å². The van der Waals surface area contributed by atoms with Gasteiger partial charge in [-0.25, -0.2) is 0 Å². The van der Waals surface area contributed by atoms with E-state index in [1.54, 1.807) is 0 Å². The number of likely N-dealkylation sites (tertiary alicyclic amines) is 1. The average Bonchev–Trinajstić information content (AvgIpc) is 2.66. The lowest BCUT2D eigenvalue weighted by Crippen LogP contribution is -2.48. The fourth-order valence-electron chi connectivity index (χ4n) is 3.36. The smallest absolute Gasteiger partial charge is 0.243 e. The first kappa shape index (κ1) is 14.5. The first-order valence-corrected chi connectivity index (χ1v) is 7.38. The third-order valence-electron chi connectivity index (χ3n) is 4.63. The highest BCUT2D eigenvalue weighted by atomic mass is 16.2. The topological polar surface area (TPSA) is 49.4 Å². The van der Waals surface area contributed by atoms with Crippen molar-refractivity contribution in [2.24, 2.45) is 11.3 Å². The van der Waals surface area contributed by atoms with E-state index in [2.05, 4.69) is 10.2 Å². The number of nitrogens with one attached hydrogen (secondary N) is 1. The molecule has 1 heterocycles. The van der Waals surface area contributed by atoms with Crippen molar-refractivity contribution in [3.8, 4) is 0 Å². The predicted octanol–water partition coefficient (Wildman–Crippen LogP) is 1.94. The van der Waals surface area contributed by atoms with Crippen molar-refractivity contribution in [1.82, 2.24) is 10.2 Å². The minimum Gasteiger partial charge on any atom is -0.295 e. The van der Waals surface area contributed by atoms with Crippen LogP contribution >= 0.6 is 0 Å². The van der Waals surface area contributed by atoms with Crippen LogP contribution in [0.5, 0.6) is 0 Å². The number of hydrogen-bond acceptors (Lipinski definition) is 3. The van der Waals surface area contributed by atoms with Gasteiger partial charge in [-0.3, -0.25) is 19.8 Å². The van der Waals surface area contributed by atoms with Crippen LogP contribution < -0.4 is 5.32 Å². The maximum absolute atomic E-state index is 12.3. The van der Waals surface area contributed by atoms with E-state index >= 15 is 0 Å². The van der Waals surface area contributed by atoms with Gasteiger partial charge in [0.1, 0.15) is 0 Å². The van der Waals surface area contributed by atoms with Gasteiger partial charge in [0, 0.05) is 11.5 Å². The molecule has 3 atom stereocenters. The third kappa shape index (κ3) is 2.99. The van der Waals surface area contributed by atoms with Crippen LogP contribution in [0.4, 0.5) is 0 Å². The van der Waals surface area contributed by atoms with Crippen molar-refractivity contribution in [3.63, 3.8) is 0 Å². The number of hydrogen-bond donors (Lipinski definition) is 1. The molecule has 4 nitrogen and oxygen atoms in total. The van der Waals surface area contributed by atoms with Gasteiger partial charge >= 0.3 is 0 Å². The number of likely N-dealkylation sites (N-methyl/N-ethyl adjacent to an activating group) is 1. The Morgan fingerprint density at radius 2 is 1.79 bits per heavy atom. The summed E-state index contributed by atoms with van der Waals surface area (Å²) in [6, 6.07) is 0.411. The summed E-state index contributed by atoms with van der Waals surface area (Å²) >= 11 is 0. The Labute approximate surface area is 115 Å². The minimum absolute atomic E-state index is 0.114. The Morgan fingerprint density at radius 3 is 2.37 bits per heavy atom. The molecule has 108 valence electrons. The second-order valence-corrected chi connectivity index (χ2v) is 7.10. The molecular weight excluding hydrogens is 240 g/mol. The van der Waals surface area contributed by atoms with E-state index in [9.17, 15) is 9.59 Å². The van der Waals surface area contributed by atoms with Gasteiger partial charge in [0.05, 0.1) is 6.04 Å². The Bertz CT molecular complexity index is 373. The number of amides is 2. The van der Waals surface area contributed by atoms with Gasteiger partial charge in [0.15, 0.2) is 0 Å². The summed E-state index contributed by atoms with van der Waals surface area (Å²) in [5.74, 6) is 0.344. The largest absolute Gasteiger partial charge is 0.295 e. The van der Waals surface area contributed by atoms with Gasteiger partial charge < -0.3 is 0 Å². The summed E-state index contributed by atoms with van der Waals surface area (Å²) in [5, 5.41) is 2.58. The SMILES string of the molecule is CN1[C@H](C(=O)NC(=O)C(C)(C)C)C[C@@H]2CCCC[C@@H]21. The van der Waals surface area contributed by atoms with E-state index < -0.39 is 5.41 Å². The quantitative estimate of drug-likeness (QED) is 0.789. The van der Waals surface area contributed by atoms with Crippen molar-refractivity contribution in [2.75, 3.05) is 7.05 Å². The number of imide groups is 1. The summed E-state index contributed by atoms with van der Waals surface area (Å²) in [4.78, 5) is 26.4. The lowest BCUT2D eigenvalue weighted by atomic mass is 9.85. The van der Waals surface area contributed by atoms with Crippen LogP contribution in [0.25, 0.3) is 0 Å². The van der Waals surface area contributed by atoms with E-state index in [0.29, 0.717) is 12.0 Å². The zero-order valence-electron chi connectivity index (χ0n) is 12.5. The first-order valence-electron chi connectivity index (χ1n) is 7.38. The summed E-state index contributed by atoms with van der Waals surface area (Å²) in [6.45, 7) is 5.48. The second-order valence-electron chi connectivity index (χ2n) is 7.10. The summed E-state index contributed by atoms with van der Waals surface area (Å²) < 4.78 is 0.